The molecule has 0 aliphatic rings. The van der Waals surface area contributed by atoms with E-state index in [-0.39, 0.29) is 5.97 Å². The van der Waals surface area contributed by atoms with Crippen molar-refractivity contribution in [2.45, 2.75) is 232 Å². The first kappa shape index (κ1) is 43.0. The molecule has 0 amide bonds. The maximum absolute atomic E-state index is 12.0. The van der Waals surface area contributed by atoms with E-state index in [9.17, 15) is 4.79 Å². The van der Waals surface area contributed by atoms with Gasteiger partial charge in [0.1, 0.15) is 0 Å². The number of unbranched alkanes of at least 4 members (excludes halogenated alkanes) is 29. The molecular formula is C42H80O2. The van der Waals surface area contributed by atoms with E-state index in [1.54, 1.807) is 0 Å². The van der Waals surface area contributed by atoms with E-state index in [0.717, 1.165) is 12.8 Å². The van der Waals surface area contributed by atoms with Crippen molar-refractivity contribution >= 4 is 5.97 Å². The Hall–Kier alpha value is -1.05. The third kappa shape index (κ3) is 39.0. The largest absolute Gasteiger partial charge is 0.466 e. The molecular weight excluding hydrogens is 536 g/mol. The van der Waals surface area contributed by atoms with Gasteiger partial charge in [-0.2, -0.15) is 0 Å². The lowest BCUT2D eigenvalue weighted by Gasteiger charge is -2.05. The highest BCUT2D eigenvalue weighted by molar-refractivity contribution is 5.69. The highest BCUT2D eigenvalue weighted by atomic mass is 16.5. The predicted molar refractivity (Wildman–Crippen MR) is 198 cm³/mol. The third-order valence-electron chi connectivity index (χ3n) is 9.06. The first-order valence-corrected chi connectivity index (χ1v) is 20.3. The predicted octanol–water partition coefficient (Wildman–Crippen LogP) is 14.9. The van der Waals surface area contributed by atoms with E-state index in [4.69, 9.17) is 4.74 Å². The Balaban J connectivity index is 3.21. The van der Waals surface area contributed by atoms with Gasteiger partial charge >= 0.3 is 5.97 Å². The van der Waals surface area contributed by atoms with Gasteiger partial charge in [-0.3, -0.25) is 4.79 Å². The van der Waals surface area contributed by atoms with Crippen molar-refractivity contribution in [1.82, 2.24) is 0 Å². The molecule has 0 heterocycles. The van der Waals surface area contributed by atoms with Crippen molar-refractivity contribution in [2.75, 3.05) is 6.61 Å². The molecule has 0 aromatic carbocycles. The van der Waals surface area contributed by atoms with Crippen LogP contribution in [0.1, 0.15) is 232 Å². The van der Waals surface area contributed by atoms with Crippen LogP contribution < -0.4 is 0 Å². The molecule has 0 aliphatic carbocycles. The van der Waals surface area contributed by atoms with Crippen LogP contribution in [0.15, 0.2) is 24.3 Å². The summed E-state index contributed by atoms with van der Waals surface area (Å²) in [5.74, 6) is 0.0195. The molecule has 260 valence electrons. The molecule has 0 saturated carbocycles. The molecule has 0 atom stereocenters. The van der Waals surface area contributed by atoms with Crippen LogP contribution in [0.3, 0.4) is 0 Å². The normalized spacial score (nSPS) is 11.8. The molecule has 2 nitrogen and oxygen atoms in total. The first-order valence-electron chi connectivity index (χ1n) is 20.3. The number of esters is 1. The summed E-state index contributed by atoms with van der Waals surface area (Å²) in [7, 11) is 0. The summed E-state index contributed by atoms with van der Waals surface area (Å²) in [4.78, 5) is 12.0. The molecule has 0 saturated heterocycles. The van der Waals surface area contributed by atoms with Gasteiger partial charge in [0, 0.05) is 6.42 Å². The average molecular weight is 617 g/mol. The van der Waals surface area contributed by atoms with Crippen molar-refractivity contribution in [3.8, 4) is 0 Å². The molecule has 2 heteroatoms. The Kier molecular flexibility index (Phi) is 39.0. The number of rotatable bonds is 37. The molecule has 0 aromatic rings. The van der Waals surface area contributed by atoms with Crippen molar-refractivity contribution in [2.24, 2.45) is 0 Å². The monoisotopic (exact) mass is 617 g/mol. The SMILES string of the molecule is CCCCCCCC/C=C\CCCCCCCCCCCCCC(=O)OCCCCCCCC/C=C\CCCCCCCC. The second-order valence-corrected chi connectivity index (χ2v) is 13.6. The van der Waals surface area contributed by atoms with E-state index < -0.39 is 0 Å². The highest BCUT2D eigenvalue weighted by Gasteiger charge is 2.02. The van der Waals surface area contributed by atoms with Crippen LogP contribution >= 0.6 is 0 Å². The number of carbonyl (C=O) groups is 1. The zero-order chi connectivity index (χ0) is 31.9. The van der Waals surface area contributed by atoms with Crippen LogP contribution in [0.25, 0.3) is 0 Å². The summed E-state index contributed by atoms with van der Waals surface area (Å²) in [6.45, 7) is 5.19. The Morgan fingerprint density at radius 2 is 0.636 bits per heavy atom. The van der Waals surface area contributed by atoms with Gasteiger partial charge in [-0.05, 0) is 64.2 Å². The van der Waals surface area contributed by atoms with Gasteiger partial charge < -0.3 is 4.74 Å². The first-order chi connectivity index (χ1) is 21.8. The summed E-state index contributed by atoms with van der Waals surface area (Å²) in [5, 5.41) is 0. The second-order valence-electron chi connectivity index (χ2n) is 13.6. The van der Waals surface area contributed by atoms with Gasteiger partial charge in [0.05, 0.1) is 6.61 Å². The number of carbonyl (C=O) groups excluding carboxylic acids is 1. The number of ether oxygens (including phenoxy) is 1. The van der Waals surface area contributed by atoms with Gasteiger partial charge in [-0.1, -0.05) is 186 Å². The van der Waals surface area contributed by atoms with Gasteiger partial charge in [-0.25, -0.2) is 0 Å². The standard InChI is InChI=1S/C42H80O2/c1-3-5-7-9-11-13-15-17-19-21-22-23-24-25-26-28-30-32-34-36-38-40-42(43)44-41-39-37-35-33-31-29-27-20-18-16-14-12-10-8-6-4-2/h17-20H,3-16,21-41H2,1-2H3/b19-17-,20-18-. The maximum Gasteiger partial charge on any atom is 0.305 e. The maximum atomic E-state index is 12.0. The van der Waals surface area contributed by atoms with Gasteiger partial charge in [0.25, 0.3) is 0 Å². The fraction of sp³-hybridized carbons (Fsp3) is 0.881. The number of hydrogen-bond donors (Lipinski definition) is 0. The Labute approximate surface area is 278 Å². The Morgan fingerprint density at radius 1 is 0.364 bits per heavy atom. The fourth-order valence-electron chi connectivity index (χ4n) is 6.01. The third-order valence-corrected chi connectivity index (χ3v) is 9.06. The highest BCUT2D eigenvalue weighted by Crippen LogP contribution is 2.14. The van der Waals surface area contributed by atoms with E-state index in [1.165, 1.54) is 199 Å². The van der Waals surface area contributed by atoms with E-state index in [0.29, 0.717) is 13.0 Å². The fourth-order valence-corrected chi connectivity index (χ4v) is 6.01. The van der Waals surface area contributed by atoms with Crippen molar-refractivity contribution in [3.63, 3.8) is 0 Å². The summed E-state index contributed by atoms with van der Waals surface area (Å²) < 4.78 is 5.45. The molecule has 0 unspecified atom stereocenters. The number of allylic oxidation sites excluding steroid dienone is 4. The van der Waals surface area contributed by atoms with E-state index in [1.807, 2.05) is 0 Å². The number of hydrogen-bond acceptors (Lipinski definition) is 2. The summed E-state index contributed by atoms with van der Waals surface area (Å²) in [5.41, 5.74) is 0. The second kappa shape index (κ2) is 40.0. The molecule has 0 aliphatic heterocycles. The van der Waals surface area contributed by atoms with Crippen LogP contribution in [-0.2, 0) is 9.53 Å². The van der Waals surface area contributed by atoms with E-state index >= 15 is 0 Å². The van der Waals surface area contributed by atoms with Gasteiger partial charge in [0.2, 0.25) is 0 Å². The van der Waals surface area contributed by atoms with Gasteiger partial charge in [0.15, 0.2) is 0 Å². The van der Waals surface area contributed by atoms with Crippen LogP contribution in [0, 0.1) is 0 Å². The average Bonchev–Trinajstić information content (AvgIpc) is 3.03. The lowest BCUT2D eigenvalue weighted by atomic mass is 10.0. The Bertz CT molecular complexity index is 593. The van der Waals surface area contributed by atoms with Crippen LogP contribution in [0.4, 0.5) is 0 Å². The zero-order valence-electron chi connectivity index (χ0n) is 30.4. The van der Waals surface area contributed by atoms with Gasteiger partial charge in [-0.15, -0.1) is 0 Å². The van der Waals surface area contributed by atoms with Crippen LogP contribution in [-0.4, -0.2) is 12.6 Å². The lowest BCUT2D eigenvalue weighted by molar-refractivity contribution is -0.143. The smallest absolute Gasteiger partial charge is 0.305 e. The Morgan fingerprint density at radius 3 is 0.977 bits per heavy atom. The summed E-state index contributed by atoms with van der Waals surface area (Å²) in [6, 6.07) is 0. The van der Waals surface area contributed by atoms with Crippen LogP contribution in [0.5, 0.6) is 0 Å². The molecule has 0 spiro atoms. The topological polar surface area (TPSA) is 26.3 Å². The van der Waals surface area contributed by atoms with Crippen molar-refractivity contribution < 1.29 is 9.53 Å². The van der Waals surface area contributed by atoms with Crippen molar-refractivity contribution in [1.29, 1.82) is 0 Å². The molecule has 0 rings (SSSR count). The van der Waals surface area contributed by atoms with E-state index in [2.05, 4.69) is 38.2 Å². The molecule has 0 aromatic heterocycles. The minimum atomic E-state index is 0.0195. The molecule has 0 fully saturated rings. The molecule has 0 radical (unpaired) electrons. The summed E-state index contributed by atoms with van der Waals surface area (Å²) in [6.07, 6.45) is 54.0. The van der Waals surface area contributed by atoms with Crippen molar-refractivity contribution in [3.05, 3.63) is 24.3 Å². The quantitative estimate of drug-likeness (QED) is 0.0394. The minimum absolute atomic E-state index is 0.0195. The van der Waals surface area contributed by atoms with Crippen LogP contribution in [0.2, 0.25) is 0 Å². The molecule has 0 N–H and O–H groups in total. The molecule has 0 bridgehead atoms. The zero-order valence-corrected chi connectivity index (χ0v) is 30.4. The minimum Gasteiger partial charge on any atom is -0.466 e. The lowest BCUT2D eigenvalue weighted by Crippen LogP contribution is -2.05. The molecule has 44 heavy (non-hydrogen) atoms. The summed E-state index contributed by atoms with van der Waals surface area (Å²) >= 11 is 0.